The topological polar surface area (TPSA) is 221 Å². The Morgan fingerprint density at radius 2 is 0.970 bits per heavy atom. The van der Waals surface area contributed by atoms with E-state index in [4.69, 9.17) is 31.4 Å². The molecule has 0 atom stereocenters. The lowest BCUT2D eigenvalue weighted by Gasteiger charge is -2.25. The van der Waals surface area contributed by atoms with Gasteiger partial charge < -0.3 is 44.1 Å². The Hall–Kier alpha value is -11.0. The number of fused-ring (bicyclic) bond motifs is 3. The summed E-state index contributed by atoms with van der Waals surface area (Å²) in [5, 5.41) is 41.2. The van der Waals surface area contributed by atoms with Gasteiger partial charge in [-0.15, -0.1) is 22.7 Å². The van der Waals surface area contributed by atoms with Gasteiger partial charge in [0, 0.05) is 71.3 Å². The summed E-state index contributed by atoms with van der Waals surface area (Å²) >= 11 is 6.04. The molecule has 0 radical (unpaired) electrons. The van der Waals surface area contributed by atoms with Crippen LogP contribution in [0, 0.1) is 0 Å². The number of carbonyl (C=O) groups is 2. The molecule has 16 nitrogen and oxygen atoms in total. The first-order valence-corrected chi connectivity index (χ1v) is 36.2. The molecule has 0 amide bonds. The molecule has 0 fully saturated rings. The highest BCUT2D eigenvalue weighted by Crippen LogP contribution is 2.57. The predicted molar refractivity (Wildman–Crippen MR) is 402 cm³/mol. The second-order valence-corrected chi connectivity index (χ2v) is 27.4. The van der Waals surface area contributed by atoms with Crippen LogP contribution < -0.4 is 20.0 Å². The van der Waals surface area contributed by atoms with Crippen molar-refractivity contribution in [2.45, 2.75) is 84.7 Å². The molecule has 20 heteroatoms. The third-order valence-electron chi connectivity index (χ3n) is 17.6. The molecule has 0 saturated heterocycles. The smallest absolute Gasteiger partial charge is 0.423 e. The molecule has 4 aromatic heterocycles. The van der Waals surface area contributed by atoms with Crippen LogP contribution in [0.15, 0.2) is 224 Å². The Bertz CT molecular complexity index is 5270. The van der Waals surface area contributed by atoms with Gasteiger partial charge >= 0.3 is 11.9 Å². The molecule has 0 spiro atoms. The van der Waals surface area contributed by atoms with Crippen molar-refractivity contribution >= 4 is 125 Å². The number of rotatable bonds is 24. The number of thiophene rings is 2. The van der Waals surface area contributed by atoms with E-state index in [1.807, 2.05) is 54.6 Å². The lowest BCUT2D eigenvalue weighted by atomic mass is 9.95. The molecule has 500 valence electrons. The fraction of sp³-hybridized carbons (Fsp3) is 0.163. The van der Waals surface area contributed by atoms with E-state index in [0.29, 0.717) is 5.56 Å². The lowest BCUT2D eigenvalue weighted by Crippen LogP contribution is -2.23. The molecule has 13 aromatic rings. The number of carbonyl (C=O) groups excluding carboxylic acids is 2. The largest absolute Gasteiger partial charge is 0.508 e. The van der Waals surface area contributed by atoms with Crippen molar-refractivity contribution in [3.8, 4) is 81.8 Å². The molecule has 0 unspecified atom stereocenters. The van der Waals surface area contributed by atoms with Crippen LogP contribution in [0.5, 0.6) is 28.7 Å². The summed E-state index contributed by atoms with van der Waals surface area (Å²) in [4.78, 5) is 48.2. The van der Waals surface area contributed by atoms with E-state index in [9.17, 15) is 34.8 Å². The summed E-state index contributed by atoms with van der Waals surface area (Å²) in [7, 11) is 0. The Morgan fingerprint density at radius 3 is 1.46 bits per heavy atom. The average molecular weight is 1400 g/mol. The SMILES string of the molecule is CCCCCCc1cc(-c2ccc(N(c3ccccc3)c3ccccc3)cc2)sc1-c1c2c(c(-c3sc(-c4ccc(N(c5ccccc5)c5ccc(COC(=O)C(=O)Oc6cc(-c7oc8cc(O)cc(O)c8c(=O)c7O)ccc6O)cc5)cc4)cc3CCCCCC)c3nsnc13)N=S=N2. The summed E-state index contributed by atoms with van der Waals surface area (Å²) in [6.45, 7) is 4.19. The highest BCUT2D eigenvalue weighted by molar-refractivity contribution is 7.58. The zero-order chi connectivity index (χ0) is 68.8. The molecule has 14 rings (SSSR count). The Kier molecular flexibility index (Phi) is 19.6. The predicted octanol–water partition coefficient (Wildman–Crippen LogP) is 21.6. The van der Waals surface area contributed by atoms with Crippen molar-refractivity contribution in [2.24, 2.45) is 8.73 Å². The van der Waals surface area contributed by atoms with Gasteiger partial charge in [-0.05, 0) is 157 Å². The van der Waals surface area contributed by atoms with Gasteiger partial charge in [-0.3, -0.25) is 4.79 Å². The summed E-state index contributed by atoms with van der Waals surface area (Å²) in [6, 6.07) is 66.0. The van der Waals surface area contributed by atoms with Crippen molar-refractivity contribution in [3.05, 3.63) is 233 Å². The fourth-order valence-electron chi connectivity index (χ4n) is 12.6. The number of anilines is 6. The Balaban J connectivity index is 0.729. The molecule has 0 saturated carbocycles. The van der Waals surface area contributed by atoms with E-state index >= 15 is 0 Å². The molecule has 0 bridgehead atoms. The fourth-order valence-corrected chi connectivity index (χ4v) is 16.2. The van der Waals surface area contributed by atoms with Crippen LogP contribution in [0.3, 0.4) is 0 Å². The third-order valence-corrected chi connectivity index (χ3v) is 21.1. The summed E-state index contributed by atoms with van der Waals surface area (Å²) in [5.41, 5.74) is 15.2. The van der Waals surface area contributed by atoms with Gasteiger partial charge in [0.2, 0.25) is 11.2 Å². The van der Waals surface area contributed by atoms with Crippen LogP contribution in [0.1, 0.15) is 81.9 Å². The number of nitrogens with zero attached hydrogens (tertiary/aromatic N) is 6. The number of unbranched alkanes of at least 4 members (excludes halogenated alkanes) is 6. The average Bonchev–Trinajstić information content (AvgIpc) is 1.54. The zero-order valence-corrected chi connectivity index (χ0v) is 57.7. The number of phenols is 3. The van der Waals surface area contributed by atoms with Gasteiger partial charge in [-0.1, -0.05) is 143 Å². The van der Waals surface area contributed by atoms with E-state index in [1.54, 1.807) is 34.8 Å². The van der Waals surface area contributed by atoms with Gasteiger partial charge in [-0.2, -0.15) is 17.5 Å². The van der Waals surface area contributed by atoms with Gasteiger partial charge in [0.1, 0.15) is 51.5 Å². The van der Waals surface area contributed by atoms with Gasteiger partial charge in [0.05, 0.1) is 34.2 Å². The number of phenolic OH excluding ortho intramolecular Hbond substituents is 3. The standard InChI is InChI=1S/C80H66N6O10S4/c1-3-5-7-12-20-52-43-65(49-30-37-58(38-31-49)85(54-22-14-9-15-23-54)55-24-16-10-17-25-55)97-77(52)68-70-72(83-99-81-70)69(73-71(68)82-100-84-73)78-53(21-13-8-6-4-2)44-66(98-78)50-32-39-59(40-33-50)86(56-26-18-11-19-27-56)57-35-28-48(29-36-57)47-94-79(92)80(93)96-63-42-51(34-41-61(63)88)76-75(91)74(90)67-62(89)45-60(87)46-64(67)95-76/h9-11,14-19,22-46,87-89,91H,3-8,12-13,20-21,47H2,1-2H3. The quantitative estimate of drug-likeness (QED) is 0.0191. The normalized spacial score (nSPS) is 11.7. The number of benzene rings is 9. The molecule has 1 aliphatic rings. The first-order valence-electron chi connectivity index (χ1n) is 33.1. The van der Waals surface area contributed by atoms with E-state index in [2.05, 4.69) is 133 Å². The Labute approximate surface area is 592 Å². The maximum atomic E-state index is 13.1. The molecule has 1 aliphatic heterocycles. The molecular formula is C80H66N6O10S4. The van der Waals surface area contributed by atoms with E-state index in [0.717, 1.165) is 171 Å². The number of para-hydroxylation sites is 3. The van der Waals surface area contributed by atoms with Gasteiger partial charge in [0.15, 0.2) is 17.3 Å². The summed E-state index contributed by atoms with van der Waals surface area (Å²) < 4.78 is 36.9. The minimum absolute atomic E-state index is 0.0433. The minimum Gasteiger partial charge on any atom is -0.508 e. The number of aromatic nitrogens is 2. The lowest BCUT2D eigenvalue weighted by molar-refractivity contribution is -0.163. The third kappa shape index (κ3) is 13.7. The number of hydrogen-bond donors (Lipinski definition) is 4. The minimum atomic E-state index is -1.46. The van der Waals surface area contributed by atoms with Crippen LogP contribution in [-0.4, -0.2) is 41.1 Å². The van der Waals surface area contributed by atoms with Crippen molar-refractivity contribution < 1.29 is 43.9 Å². The molecular weight excluding hydrogens is 1330 g/mol. The molecule has 0 aliphatic carbocycles. The molecule has 4 N–H and O–H groups in total. The second kappa shape index (κ2) is 29.6. The van der Waals surface area contributed by atoms with Crippen LogP contribution in [0.4, 0.5) is 45.5 Å². The van der Waals surface area contributed by atoms with Crippen LogP contribution >= 0.6 is 34.4 Å². The van der Waals surface area contributed by atoms with Crippen molar-refractivity contribution in [2.75, 3.05) is 9.80 Å². The molecule has 5 heterocycles. The van der Waals surface area contributed by atoms with Crippen molar-refractivity contribution in [1.82, 2.24) is 8.75 Å². The maximum absolute atomic E-state index is 13.1. The molecule has 100 heavy (non-hydrogen) atoms. The monoisotopic (exact) mass is 1400 g/mol. The number of aromatic hydroxyl groups is 4. The first-order chi connectivity index (χ1) is 48.9. The van der Waals surface area contributed by atoms with Crippen molar-refractivity contribution in [3.63, 3.8) is 0 Å². The van der Waals surface area contributed by atoms with Crippen LogP contribution in [0.2, 0.25) is 0 Å². The summed E-state index contributed by atoms with van der Waals surface area (Å²) in [5.74, 6) is -6.21. The first kappa shape index (κ1) is 66.2. The number of aryl methyl sites for hydroxylation is 2. The summed E-state index contributed by atoms with van der Waals surface area (Å²) in [6.07, 6.45) is 10.8. The van der Waals surface area contributed by atoms with E-state index < -0.39 is 51.9 Å². The highest BCUT2D eigenvalue weighted by Gasteiger charge is 2.32. The van der Waals surface area contributed by atoms with E-state index in [-0.39, 0.29) is 23.1 Å². The van der Waals surface area contributed by atoms with Crippen LogP contribution in [-0.2, 0) is 45.1 Å². The van der Waals surface area contributed by atoms with Crippen LogP contribution in [0.25, 0.3) is 75.1 Å². The number of ether oxygens (including phenoxy) is 2. The van der Waals surface area contributed by atoms with Gasteiger partial charge in [-0.25, -0.2) is 9.59 Å². The number of hydrogen-bond acceptors (Lipinski definition) is 19. The molecule has 9 aromatic carbocycles. The highest BCUT2D eigenvalue weighted by atomic mass is 32.1. The zero-order valence-electron chi connectivity index (χ0n) is 54.5. The second-order valence-electron chi connectivity index (χ2n) is 24.3. The maximum Gasteiger partial charge on any atom is 0.423 e. The van der Waals surface area contributed by atoms with Crippen molar-refractivity contribution in [1.29, 1.82) is 0 Å². The van der Waals surface area contributed by atoms with E-state index in [1.165, 1.54) is 56.5 Å². The number of esters is 2. The Morgan fingerprint density at radius 1 is 0.500 bits per heavy atom. The van der Waals surface area contributed by atoms with Gasteiger partial charge in [0.25, 0.3) is 0 Å².